The van der Waals surface area contributed by atoms with Gasteiger partial charge in [-0.25, -0.2) is 4.79 Å². The van der Waals surface area contributed by atoms with Gasteiger partial charge in [0.25, 0.3) is 0 Å². The van der Waals surface area contributed by atoms with E-state index in [9.17, 15) is 4.79 Å². The molecule has 2 aliphatic heterocycles. The van der Waals surface area contributed by atoms with Crippen LogP contribution in [-0.4, -0.2) is 39.9 Å². The summed E-state index contributed by atoms with van der Waals surface area (Å²) in [6.07, 6.45) is 3.79. The van der Waals surface area contributed by atoms with E-state index in [4.69, 9.17) is 14.0 Å². The van der Waals surface area contributed by atoms with Crippen molar-refractivity contribution in [2.45, 2.75) is 83.8 Å². The van der Waals surface area contributed by atoms with Crippen molar-refractivity contribution in [1.29, 1.82) is 0 Å². The van der Waals surface area contributed by atoms with Crippen molar-refractivity contribution in [2.75, 3.05) is 0 Å². The highest BCUT2D eigenvalue weighted by Crippen LogP contribution is 2.38. The Hall–Kier alpha value is -1.56. The van der Waals surface area contributed by atoms with Crippen LogP contribution in [0.25, 0.3) is 0 Å². The van der Waals surface area contributed by atoms with Gasteiger partial charge in [-0.05, 0) is 53.4 Å². The zero-order valence-corrected chi connectivity index (χ0v) is 14.4. The van der Waals surface area contributed by atoms with Crippen molar-refractivity contribution < 1.29 is 18.8 Å². The molecule has 2 bridgehead atoms. The first-order valence-electron chi connectivity index (χ1n) is 8.37. The first-order valence-corrected chi connectivity index (χ1v) is 8.37. The molecular weight excluding hydrogens is 296 g/mol. The molecule has 3 heterocycles. The van der Waals surface area contributed by atoms with E-state index in [1.54, 1.807) is 0 Å². The summed E-state index contributed by atoms with van der Waals surface area (Å²) in [6, 6.07) is 2.35. The first kappa shape index (κ1) is 16.3. The molecule has 1 aromatic rings. The third-order valence-corrected chi connectivity index (χ3v) is 4.44. The van der Waals surface area contributed by atoms with Gasteiger partial charge in [0.15, 0.2) is 0 Å². The van der Waals surface area contributed by atoms with Gasteiger partial charge in [0.05, 0.1) is 12.7 Å². The van der Waals surface area contributed by atoms with Gasteiger partial charge in [-0.1, -0.05) is 5.16 Å². The normalized spacial score (nSPS) is 27.3. The molecule has 2 fully saturated rings. The van der Waals surface area contributed by atoms with Crippen molar-refractivity contribution >= 4 is 6.09 Å². The lowest BCUT2D eigenvalue weighted by molar-refractivity contribution is -0.0407. The third kappa shape index (κ3) is 3.86. The van der Waals surface area contributed by atoms with E-state index >= 15 is 0 Å². The van der Waals surface area contributed by atoms with Gasteiger partial charge < -0.3 is 18.9 Å². The first-order chi connectivity index (χ1) is 10.8. The van der Waals surface area contributed by atoms with Crippen molar-refractivity contribution in [3.8, 4) is 0 Å². The van der Waals surface area contributed by atoms with Crippen molar-refractivity contribution in [2.24, 2.45) is 0 Å². The molecule has 0 radical (unpaired) electrons. The number of aryl methyl sites for hydroxylation is 1. The number of ether oxygens (including phenoxy) is 2. The van der Waals surface area contributed by atoms with Crippen LogP contribution in [0.5, 0.6) is 0 Å². The molecule has 23 heavy (non-hydrogen) atoms. The summed E-state index contributed by atoms with van der Waals surface area (Å²) in [4.78, 5) is 14.3. The van der Waals surface area contributed by atoms with Crippen LogP contribution in [-0.2, 0) is 16.1 Å². The summed E-state index contributed by atoms with van der Waals surface area (Å²) in [7, 11) is 0. The molecule has 0 aliphatic carbocycles. The second-order valence-electron chi connectivity index (χ2n) is 7.61. The van der Waals surface area contributed by atoms with Crippen LogP contribution in [0, 0.1) is 6.92 Å². The van der Waals surface area contributed by atoms with Gasteiger partial charge in [0.1, 0.15) is 17.1 Å². The van der Waals surface area contributed by atoms with Gasteiger partial charge in [-0.15, -0.1) is 0 Å². The monoisotopic (exact) mass is 322 g/mol. The number of hydrogen-bond donors (Lipinski definition) is 0. The number of carbonyl (C=O) groups is 1. The second-order valence-corrected chi connectivity index (χ2v) is 7.61. The van der Waals surface area contributed by atoms with Crippen molar-refractivity contribution in [3.63, 3.8) is 0 Å². The number of piperidine rings is 1. The molecule has 0 N–H and O–H groups in total. The Morgan fingerprint density at radius 3 is 2.52 bits per heavy atom. The molecule has 1 amide bonds. The quantitative estimate of drug-likeness (QED) is 0.853. The predicted molar refractivity (Wildman–Crippen MR) is 83.9 cm³/mol. The summed E-state index contributed by atoms with van der Waals surface area (Å²) in [5.74, 6) is 0.795. The van der Waals surface area contributed by atoms with Crippen molar-refractivity contribution in [3.05, 3.63) is 17.5 Å². The van der Waals surface area contributed by atoms with Crippen LogP contribution in [0.2, 0.25) is 0 Å². The largest absolute Gasteiger partial charge is 0.444 e. The van der Waals surface area contributed by atoms with Crippen LogP contribution >= 0.6 is 0 Å². The van der Waals surface area contributed by atoms with E-state index in [1.165, 1.54) is 0 Å². The summed E-state index contributed by atoms with van der Waals surface area (Å²) in [5.41, 5.74) is 0.374. The maximum Gasteiger partial charge on any atom is 0.410 e. The zero-order valence-electron chi connectivity index (χ0n) is 14.4. The van der Waals surface area contributed by atoms with Gasteiger partial charge >= 0.3 is 6.09 Å². The lowest BCUT2D eigenvalue weighted by Crippen LogP contribution is -2.50. The topological polar surface area (TPSA) is 64.8 Å². The minimum absolute atomic E-state index is 0.170. The second kappa shape index (κ2) is 6.15. The van der Waals surface area contributed by atoms with E-state index in [0.717, 1.165) is 37.1 Å². The van der Waals surface area contributed by atoms with E-state index < -0.39 is 5.60 Å². The molecule has 6 heteroatoms. The van der Waals surface area contributed by atoms with Crippen LogP contribution in [0.1, 0.15) is 57.9 Å². The van der Waals surface area contributed by atoms with E-state index in [2.05, 4.69) is 5.16 Å². The van der Waals surface area contributed by atoms with Gasteiger partial charge in [0, 0.05) is 18.2 Å². The van der Waals surface area contributed by atoms with Crippen LogP contribution in [0.3, 0.4) is 0 Å². The smallest absolute Gasteiger partial charge is 0.410 e. The fourth-order valence-corrected chi connectivity index (χ4v) is 3.57. The SMILES string of the molecule is Cc1cc(COC2C[C@H]3CC[C@@H](C2)N3C(=O)OC(C)(C)C)no1. The Morgan fingerprint density at radius 1 is 1.35 bits per heavy atom. The standard InChI is InChI=1S/C17H26N2O4/c1-11-7-12(18-23-11)10-21-15-8-13-5-6-14(9-15)19(13)16(20)22-17(2,3)4/h7,13-15H,5-6,8-10H2,1-4H3/t13-,14+,15?. The molecule has 1 aromatic heterocycles. The number of nitrogens with zero attached hydrogens (tertiary/aromatic N) is 2. The lowest BCUT2D eigenvalue weighted by atomic mass is 10.0. The number of carbonyl (C=O) groups excluding carboxylic acids is 1. The molecule has 0 spiro atoms. The summed E-state index contributed by atoms with van der Waals surface area (Å²) < 4.78 is 16.6. The highest BCUT2D eigenvalue weighted by molar-refractivity contribution is 5.69. The average Bonchev–Trinajstić information content (AvgIpc) is 2.96. The molecule has 1 unspecified atom stereocenters. The summed E-state index contributed by atoms with van der Waals surface area (Å²) in [5, 5.41) is 3.95. The average molecular weight is 322 g/mol. The van der Waals surface area contributed by atoms with Crippen LogP contribution in [0.4, 0.5) is 4.79 Å². The Bertz CT molecular complexity index is 549. The minimum atomic E-state index is -0.450. The molecule has 0 saturated carbocycles. The van der Waals surface area contributed by atoms with Crippen LogP contribution < -0.4 is 0 Å². The third-order valence-electron chi connectivity index (χ3n) is 4.44. The molecule has 128 valence electrons. The maximum atomic E-state index is 12.4. The number of amides is 1. The highest BCUT2D eigenvalue weighted by atomic mass is 16.6. The molecule has 0 aromatic carbocycles. The molecule has 6 nitrogen and oxygen atoms in total. The Kier molecular flexibility index (Phi) is 4.36. The molecule has 3 rings (SSSR count). The van der Waals surface area contributed by atoms with Gasteiger partial charge in [-0.2, -0.15) is 0 Å². The number of fused-ring (bicyclic) bond motifs is 2. The molecular formula is C17H26N2O4. The summed E-state index contributed by atoms with van der Waals surface area (Å²) >= 11 is 0. The number of rotatable bonds is 3. The van der Waals surface area contributed by atoms with Gasteiger partial charge in [-0.3, -0.25) is 0 Å². The predicted octanol–water partition coefficient (Wildman–Crippen LogP) is 3.43. The fourth-order valence-electron chi connectivity index (χ4n) is 3.57. The number of hydrogen-bond acceptors (Lipinski definition) is 5. The fraction of sp³-hybridized carbons (Fsp3) is 0.765. The van der Waals surface area contributed by atoms with Crippen molar-refractivity contribution in [1.82, 2.24) is 10.1 Å². The number of aromatic nitrogens is 1. The van der Waals surface area contributed by atoms with E-state index in [1.807, 2.05) is 38.7 Å². The van der Waals surface area contributed by atoms with E-state index in [-0.39, 0.29) is 24.3 Å². The molecule has 2 aliphatic rings. The van der Waals surface area contributed by atoms with Crippen LogP contribution in [0.15, 0.2) is 10.6 Å². The molecule has 3 atom stereocenters. The summed E-state index contributed by atoms with van der Waals surface area (Å²) in [6.45, 7) is 8.05. The Morgan fingerprint density at radius 2 is 2.00 bits per heavy atom. The zero-order chi connectivity index (χ0) is 16.6. The lowest BCUT2D eigenvalue weighted by Gasteiger charge is -2.39. The Balaban J connectivity index is 1.55. The molecule has 2 saturated heterocycles. The maximum absolute atomic E-state index is 12.4. The van der Waals surface area contributed by atoms with E-state index in [0.29, 0.717) is 6.61 Å². The minimum Gasteiger partial charge on any atom is -0.444 e. The Labute approximate surface area is 137 Å². The van der Waals surface area contributed by atoms with Gasteiger partial charge in [0.2, 0.25) is 0 Å². The highest BCUT2D eigenvalue weighted by Gasteiger charge is 2.45.